The molecule has 0 saturated carbocycles. The Hall–Kier alpha value is -2.96. The fourth-order valence-electron chi connectivity index (χ4n) is 1.56. The highest BCUT2D eigenvalue weighted by molar-refractivity contribution is 6.01. The zero-order valence-electron chi connectivity index (χ0n) is 10.2. The summed E-state index contributed by atoms with van der Waals surface area (Å²) in [5.74, 6) is -0.422. The SMILES string of the molecule is O=C(Nc1ccc(F)cc1)Nc1ccccc1[N+](=O)[O-]. The largest absolute Gasteiger partial charge is 0.323 e. The Bertz CT molecular complexity index is 644. The van der Waals surface area contributed by atoms with Crippen LogP contribution in [0.3, 0.4) is 0 Å². The topological polar surface area (TPSA) is 84.3 Å². The minimum absolute atomic E-state index is 0.0807. The van der Waals surface area contributed by atoms with Crippen molar-refractivity contribution in [2.75, 3.05) is 10.6 Å². The molecule has 0 atom stereocenters. The molecular formula is C13H10FN3O3. The third-order valence-electron chi connectivity index (χ3n) is 2.45. The molecular weight excluding hydrogens is 265 g/mol. The summed E-state index contributed by atoms with van der Waals surface area (Å²) in [7, 11) is 0. The Kier molecular flexibility index (Phi) is 3.90. The van der Waals surface area contributed by atoms with Gasteiger partial charge in [0.25, 0.3) is 5.69 Å². The lowest BCUT2D eigenvalue weighted by Crippen LogP contribution is -2.20. The summed E-state index contributed by atoms with van der Waals surface area (Å²) >= 11 is 0. The number of carbonyl (C=O) groups excluding carboxylic acids is 1. The van der Waals surface area contributed by atoms with E-state index in [1.807, 2.05) is 0 Å². The molecule has 2 rings (SSSR count). The van der Waals surface area contributed by atoms with E-state index >= 15 is 0 Å². The third-order valence-corrected chi connectivity index (χ3v) is 2.45. The molecule has 0 heterocycles. The van der Waals surface area contributed by atoms with Gasteiger partial charge >= 0.3 is 6.03 Å². The number of carbonyl (C=O) groups is 1. The summed E-state index contributed by atoms with van der Waals surface area (Å²) in [6.45, 7) is 0. The van der Waals surface area contributed by atoms with Crippen LogP contribution in [0.15, 0.2) is 48.5 Å². The highest BCUT2D eigenvalue weighted by Crippen LogP contribution is 2.23. The van der Waals surface area contributed by atoms with Gasteiger partial charge in [-0.1, -0.05) is 12.1 Å². The van der Waals surface area contributed by atoms with Crippen LogP contribution in [0.2, 0.25) is 0 Å². The van der Waals surface area contributed by atoms with E-state index in [2.05, 4.69) is 10.6 Å². The summed E-state index contributed by atoms with van der Waals surface area (Å²) < 4.78 is 12.7. The summed E-state index contributed by atoms with van der Waals surface area (Å²) in [6, 6.07) is 10.3. The van der Waals surface area contributed by atoms with Crippen molar-refractivity contribution in [1.82, 2.24) is 0 Å². The number of para-hydroxylation sites is 2. The molecule has 0 fully saturated rings. The van der Waals surface area contributed by atoms with Gasteiger partial charge in [0.2, 0.25) is 0 Å². The molecule has 2 amide bonds. The fourth-order valence-corrected chi connectivity index (χ4v) is 1.56. The van der Waals surface area contributed by atoms with Crippen LogP contribution < -0.4 is 10.6 Å². The summed E-state index contributed by atoms with van der Waals surface area (Å²) in [5, 5.41) is 15.6. The molecule has 20 heavy (non-hydrogen) atoms. The van der Waals surface area contributed by atoms with Gasteiger partial charge < -0.3 is 10.6 Å². The second-order valence-electron chi connectivity index (χ2n) is 3.86. The van der Waals surface area contributed by atoms with Crippen molar-refractivity contribution < 1.29 is 14.1 Å². The van der Waals surface area contributed by atoms with Crippen molar-refractivity contribution in [2.45, 2.75) is 0 Å². The number of hydrogen-bond acceptors (Lipinski definition) is 3. The van der Waals surface area contributed by atoms with Crippen molar-refractivity contribution >= 4 is 23.1 Å². The van der Waals surface area contributed by atoms with Gasteiger partial charge in [-0.25, -0.2) is 9.18 Å². The number of halogens is 1. The molecule has 2 aromatic carbocycles. The zero-order valence-corrected chi connectivity index (χ0v) is 10.2. The van der Waals surface area contributed by atoms with Gasteiger partial charge in [-0.15, -0.1) is 0 Å². The maximum absolute atomic E-state index is 12.7. The van der Waals surface area contributed by atoms with Crippen LogP contribution in [-0.2, 0) is 0 Å². The number of nitrogens with one attached hydrogen (secondary N) is 2. The Balaban J connectivity index is 2.08. The molecule has 2 N–H and O–H groups in total. The first-order chi connectivity index (χ1) is 9.56. The van der Waals surface area contributed by atoms with E-state index < -0.39 is 16.8 Å². The number of urea groups is 1. The van der Waals surface area contributed by atoms with Crippen molar-refractivity contribution in [1.29, 1.82) is 0 Å². The average molecular weight is 275 g/mol. The lowest BCUT2D eigenvalue weighted by atomic mass is 10.2. The average Bonchev–Trinajstić information content (AvgIpc) is 2.41. The first-order valence-corrected chi connectivity index (χ1v) is 5.63. The molecule has 0 aromatic heterocycles. The lowest BCUT2D eigenvalue weighted by Gasteiger charge is -2.07. The second-order valence-corrected chi connectivity index (χ2v) is 3.86. The van der Waals surface area contributed by atoms with E-state index in [9.17, 15) is 19.3 Å². The van der Waals surface area contributed by atoms with Crippen LogP contribution in [0.5, 0.6) is 0 Å². The van der Waals surface area contributed by atoms with Crippen LogP contribution >= 0.6 is 0 Å². The summed E-state index contributed by atoms with van der Waals surface area (Å²) in [6.07, 6.45) is 0. The van der Waals surface area contributed by atoms with Crippen molar-refractivity contribution in [3.05, 3.63) is 64.5 Å². The van der Waals surface area contributed by atoms with Crippen molar-refractivity contribution in [3.63, 3.8) is 0 Å². The van der Waals surface area contributed by atoms with E-state index in [0.29, 0.717) is 5.69 Å². The number of anilines is 2. The van der Waals surface area contributed by atoms with Crippen LogP contribution in [0, 0.1) is 15.9 Å². The van der Waals surface area contributed by atoms with E-state index in [-0.39, 0.29) is 11.4 Å². The zero-order chi connectivity index (χ0) is 14.5. The van der Waals surface area contributed by atoms with E-state index in [1.165, 1.54) is 42.5 Å². The number of hydrogen-bond donors (Lipinski definition) is 2. The first kappa shape index (κ1) is 13.5. The predicted molar refractivity (Wildman–Crippen MR) is 72.1 cm³/mol. The van der Waals surface area contributed by atoms with Gasteiger partial charge in [0.1, 0.15) is 11.5 Å². The van der Waals surface area contributed by atoms with Crippen molar-refractivity contribution in [3.8, 4) is 0 Å². The minimum Gasteiger partial charge on any atom is -0.308 e. The number of nitro groups is 1. The minimum atomic E-state index is -0.647. The maximum Gasteiger partial charge on any atom is 0.323 e. The maximum atomic E-state index is 12.7. The number of rotatable bonds is 3. The highest BCUT2D eigenvalue weighted by Gasteiger charge is 2.14. The number of benzene rings is 2. The van der Waals surface area contributed by atoms with Crippen LogP contribution in [-0.4, -0.2) is 11.0 Å². The van der Waals surface area contributed by atoms with Gasteiger partial charge in [0, 0.05) is 11.8 Å². The molecule has 0 spiro atoms. The molecule has 0 saturated heterocycles. The number of nitrogens with zero attached hydrogens (tertiary/aromatic N) is 1. The monoisotopic (exact) mass is 275 g/mol. The molecule has 0 unspecified atom stereocenters. The molecule has 0 bridgehead atoms. The highest BCUT2D eigenvalue weighted by atomic mass is 19.1. The van der Waals surface area contributed by atoms with Crippen LogP contribution in [0.1, 0.15) is 0 Å². The normalized spacial score (nSPS) is 9.85. The predicted octanol–water partition coefficient (Wildman–Crippen LogP) is 3.38. The second kappa shape index (κ2) is 5.79. The fraction of sp³-hybridized carbons (Fsp3) is 0. The van der Waals surface area contributed by atoms with E-state index in [4.69, 9.17) is 0 Å². The molecule has 2 aromatic rings. The van der Waals surface area contributed by atoms with Gasteiger partial charge in [0.05, 0.1) is 4.92 Å². The number of amides is 2. The van der Waals surface area contributed by atoms with Gasteiger partial charge in [-0.05, 0) is 30.3 Å². The van der Waals surface area contributed by atoms with Crippen molar-refractivity contribution in [2.24, 2.45) is 0 Å². The number of nitro benzene ring substituents is 1. The standard InChI is InChI=1S/C13H10FN3O3/c14-9-5-7-10(8-6-9)15-13(18)16-11-3-1-2-4-12(11)17(19)20/h1-8H,(H2,15,16,18). The summed E-state index contributed by atoms with van der Waals surface area (Å²) in [4.78, 5) is 21.9. The van der Waals surface area contributed by atoms with Gasteiger partial charge in [-0.3, -0.25) is 10.1 Å². The third kappa shape index (κ3) is 3.29. The van der Waals surface area contributed by atoms with E-state index in [1.54, 1.807) is 6.07 Å². The first-order valence-electron chi connectivity index (χ1n) is 5.63. The van der Waals surface area contributed by atoms with Crippen LogP contribution in [0.4, 0.5) is 26.2 Å². The van der Waals surface area contributed by atoms with Gasteiger partial charge in [0.15, 0.2) is 0 Å². The Morgan fingerprint density at radius 2 is 1.70 bits per heavy atom. The molecule has 0 aliphatic carbocycles. The van der Waals surface area contributed by atoms with Crippen LogP contribution in [0.25, 0.3) is 0 Å². The smallest absolute Gasteiger partial charge is 0.308 e. The molecule has 102 valence electrons. The van der Waals surface area contributed by atoms with Gasteiger partial charge in [-0.2, -0.15) is 0 Å². The molecule has 0 aliphatic heterocycles. The molecule has 6 nitrogen and oxygen atoms in total. The molecule has 0 aliphatic rings. The quantitative estimate of drug-likeness (QED) is 0.665. The lowest BCUT2D eigenvalue weighted by molar-refractivity contribution is -0.383. The molecule has 7 heteroatoms. The Morgan fingerprint density at radius 3 is 2.35 bits per heavy atom. The molecule has 0 radical (unpaired) electrons. The summed E-state index contributed by atoms with van der Waals surface area (Å²) in [5.41, 5.74) is 0.251. The Labute approximate surface area is 113 Å². The van der Waals surface area contributed by atoms with E-state index in [0.717, 1.165) is 0 Å². The Morgan fingerprint density at radius 1 is 1.05 bits per heavy atom.